The van der Waals surface area contributed by atoms with Crippen molar-refractivity contribution >= 4 is 65.6 Å². The Balaban J connectivity index is 1.46. The lowest BCUT2D eigenvalue weighted by molar-refractivity contribution is 0.332. The topological polar surface area (TPSA) is 23.0 Å². The maximum Gasteiger partial charge on any atom is 0.137 e. The molecule has 0 saturated carbocycles. The molecule has 0 unspecified atom stereocenters. The van der Waals surface area contributed by atoms with Gasteiger partial charge in [-0.15, -0.1) is 0 Å². The summed E-state index contributed by atoms with van der Waals surface area (Å²) >= 11 is 0. The van der Waals surface area contributed by atoms with Gasteiger partial charge in [0, 0.05) is 32.6 Å². The molecule has 0 N–H and O–H groups in total. The molecule has 1 aliphatic carbocycles. The Bertz CT molecular complexity index is 2730. The van der Waals surface area contributed by atoms with Gasteiger partial charge in [0.05, 0.1) is 33.1 Å². The summed E-state index contributed by atoms with van der Waals surface area (Å²) < 4.78 is 11.4. The highest BCUT2D eigenvalue weighted by Crippen LogP contribution is 2.50. The van der Waals surface area contributed by atoms with Crippen LogP contribution in [0.15, 0.2) is 126 Å². The number of para-hydroxylation sites is 3. The average Bonchev–Trinajstić information content (AvgIpc) is 3.74. The lowest BCUT2D eigenvalue weighted by Crippen LogP contribution is -2.33. The van der Waals surface area contributed by atoms with Crippen LogP contribution in [0.2, 0.25) is 0 Å². The van der Waals surface area contributed by atoms with Crippen LogP contribution in [0.3, 0.4) is 0 Å². The standard InChI is InChI=1S/C44H36N2O/c1-43(2)23-24-44(3,4)33-26-37-31(25-32(33)43)41-36(45(37)27-13-6-5-7-14-27)22-21-29-28-15-8-10-17-34(28)46(42(29)41)35-18-12-20-39-40(35)30-16-9-11-19-38(30)47-39/h5-22,25-26H,23-24H2,1-4H3. The number of fused-ring (bicyclic) bond motifs is 11. The van der Waals surface area contributed by atoms with E-state index in [0.29, 0.717) is 0 Å². The molecule has 47 heavy (non-hydrogen) atoms. The van der Waals surface area contributed by atoms with E-state index in [1.807, 2.05) is 0 Å². The number of hydrogen-bond acceptors (Lipinski definition) is 1. The fraction of sp³-hybridized carbons (Fsp3) is 0.182. The van der Waals surface area contributed by atoms with E-state index < -0.39 is 0 Å². The Hall–Kier alpha value is -5.28. The number of nitrogens with zero attached hydrogens (tertiary/aromatic N) is 2. The van der Waals surface area contributed by atoms with Gasteiger partial charge in [-0.3, -0.25) is 0 Å². The van der Waals surface area contributed by atoms with Gasteiger partial charge in [-0.1, -0.05) is 94.4 Å². The Kier molecular flexibility index (Phi) is 5.24. The second-order valence-electron chi connectivity index (χ2n) is 14.8. The van der Waals surface area contributed by atoms with Gasteiger partial charge < -0.3 is 13.6 Å². The monoisotopic (exact) mass is 608 g/mol. The highest BCUT2D eigenvalue weighted by molar-refractivity contribution is 6.27. The second-order valence-corrected chi connectivity index (χ2v) is 14.8. The molecule has 9 aromatic rings. The first-order valence-electron chi connectivity index (χ1n) is 16.8. The number of furan rings is 1. The molecule has 1 aliphatic rings. The van der Waals surface area contributed by atoms with Crippen LogP contribution in [0.5, 0.6) is 0 Å². The van der Waals surface area contributed by atoms with E-state index in [4.69, 9.17) is 4.42 Å². The molecule has 0 amide bonds. The minimum atomic E-state index is 0.0993. The normalized spacial score (nSPS) is 15.8. The smallest absolute Gasteiger partial charge is 0.137 e. The number of hydrogen-bond donors (Lipinski definition) is 0. The average molecular weight is 609 g/mol. The minimum Gasteiger partial charge on any atom is -0.456 e. The molecule has 0 saturated heterocycles. The molecule has 0 spiro atoms. The quantitative estimate of drug-likeness (QED) is 0.191. The van der Waals surface area contributed by atoms with E-state index >= 15 is 0 Å². The van der Waals surface area contributed by atoms with Crippen molar-refractivity contribution in [2.24, 2.45) is 0 Å². The molecule has 10 rings (SSSR count). The maximum absolute atomic E-state index is 6.42. The van der Waals surface area contributed by atoms with Crippen molar-refractivity contribution in [1.29, 1.82) is 0 Å². The fourth-order valence-electron chi connectivity index (χ4n) is 8.66. The van der Waals surface area contributed by atoms with E-state index in [2.05, 4.69) is 158 Å². The summed E-state index contributed by atoms with van der Waals surface area (Å²) in [6.07, 6.45) is 2.37. The molecule has 0 bridgehead atoms. The van der Waals surface area contributed by atoms with E-state index in [-0.39, 0.29) is 10.8 Å². The summed E-state index contributed by atoms with van der Waals surface area (Å²) in [6, 6.07) is 44.5. The van der Waals surface area contributed by atoms with Crippen LogP contribution in [-0.2, 0) is 10.8 Å². The molecule has 0 fully saturated rings. The van der Waals surface area contributed by atoms with Gasteiger partial charge in [0.25, 0.3) is 0 Å². The molecule has 0 aliphatic heterocycles. The summed E-state index contributed by atoms with van der Waals surface area (Å²) in [7, 11) is 0. The van der Waals surface area contributed by atoms with Crippen LogP contribution in [-0.4, -0.2) is 9.13 Å². The molecular formula is C44H36N2O. The van der Waals surface area contributed by atoms with Crippen LogP contribution in [0.1, 0.15) is 51.7 Å². The first kappa shape index (κ1) is 26.9. The first-order valence-corrected chi connectivity index (χ1v) is 16.8. The zero-order valence-corrected chi connectivity index (χ0v) is 27.3. The zero-order chi connectivity index (χ0) is 31.7. The molecule has 228 valence electrons. The zero-order valence-electron chi connectivity index (χ0n) is 27.3. The van der Waals surface area contributed by atoms with Crippen molar-refractivity contribution in [3.8, 4) is 11.4 Å². The number of rotatable bonds is 2. The Labute approximate surface area is 273 Å². The van der Waals surface area contributed by atoms with Crippen molar-refractivity contribution < 1.29 is 4.42 Å². The van der Waals surface area contributed by atoms with Crippen LogP contribution < -0.4 is 0 Å². The van der Waals surface area contributed by atoms with E-state index in [1.165, 1.54) is 73.3 Å². The van der Waals surface area contributed by atoms with Crippen molar-refractivity contribution in [1.82, 2.24) is 9.13 Å². The van der Waals surface area contributed by atoms with Crippen molar-refractivity contribution in [2.45, 2.75) is 51.4 Å². The van der Waals surface area contributed by atoms with Crippen LogP contribution in [0, 0.1) is 0 Å². The molecule has 3 heteroatoms. The Morgan fingerprint density at radius 2 is 1.17 bits per heavy atom. The van der Waals surface area contributed by atoms with Gasteiger partial charge in [0.2, 0.25) is 0 Å². The van der Waals surface area contributed by atoms with E-state index in [0.717, 1.165) is 27.6 Å². The molecule has 0 radical (unpaired) electrons. The highest BCUT2D eigenvalue weighted by atomic mass is 16.3. The molecular weight excluding hydrogens is 572 g/mol. The lowest BCUT2D eigenvalue weighted by atomic mass is 9.63. The Morgan fingerprint density at radius 1 is 0.489 bits per heavy atom. The second kappa shape index (κ2) is 9.17. The third-order valence-electron chi connectivity index (χ3n) is 11.2. The van der Waals surface area contributed by atoms with Gasteiger partial charge in [-0.25, -0.2) is 0 Å². The molecule has 6 aromatic carbocycles. The molecule has 3 aromatic heterocycles. The maximum atomic E-state index is 6.42. The van der Waals surface area contributed by atoms with E-state index in [9.17, 15) is 0 Å². The number of benzene rings is 6. The van der Waals surface area contributed by atoms with Gasteiger partial charge in [-0.2, -0.15) is 0 Å². The lowest BCUT2D eigenvalue weighted by Gasteiger charge is -2.42. The summed E-state index contributed by atoms with van der Waals surface area (Å²) in [5.74, 6) is 0. The summed E-state index contributed by atoms with van der Waals surface area (Å²) in [5.41, 5.74) is 12.3. The SMILES string of the molecule is CC1(C)CCC(C)(C)c2cc3c(cc21)c1c(ccc2c4ccccc4n(-c4cccc5oc6ccccc6c45)c21)n3-c1ccccc1. The van der Waals surface area contributed by atoms with Gasteiger partial charge in [0.1, 0.15) is 11.2 Å². The van der Waals surface area contributed by atoms with E-state index in [1.54, 1.807) is 0 Å². The van der Waals surface area contributed by atoms with Crippen molar-refractivity contribution in [3.63, 3.8) is 0 Å². The molecule has 0 atom stereocenters. The first-order chi connectivity index (χ1) is 22.8. The predicted molar refractivity (Wildman–Crippen MR) is 198 cm³/mol. The fourth-order valence-corrected chi connectivity index (χ4v) is 8.66. The van der Waals surface area contributed by atoms with Crippen molar-refractivity contribution in [3.05, 3.63) is 132 Å². The Morgan fingerprint density at radius 3 is 1.98 bits per heavy atom. The third kappa shape index (κ3) is 3.57. The van der Waals surface area contributed by atoms with Crippen LogP contribution >= 0.6 is 0 Å². The summed E-state index contributed by atoms with van der Waals surface area (Å²) in [4.78, 5) is 0. The van der Waals surface area contributed by atoms with Crippen LogP contribution in [0.4, 0.5) is 0 Å². The molecule has 3 heterocycles. The van der Waals surface area contributed by atoms with Gasteiger partial charge in [-0.05, 0) is 89.4 Å². The van der Waals surface area contributed by atoms with Crippen molar-refractivity contribution in [2.75, 3.05) is 0 Å². The highest BCUT2D eigenvalue weighted by Gasteiger charge is 2.38. The minimum absolute atomic E-state index is 0.0993. The summed E-state index contributed by atoms with van der Waals surface area (Å²) in [5, 5.41) is 7.42. The van der Waals surface area contributed by atoms with Gasteiger partial charge in [0.15, 0.2) is 0 Å². The third-order valence-corrected chi connectivity index (χ3v) is 11.2. The number of aromatic nitrogens is 2. The molecule has 3 nitrogen and oxygen atoms in total. The predicted octanol–water partition coefficient (Wildman–Crippen LogP) is 12.1. The van der Waals surface area contributed by atoms with Gasteiger partial charge >= 0.3 is 0 Å². The summed E-state index contributed by atoms with van der Waals surface area (Å²) in [6.45, 7) is 9.71. The largest absolute Gasteiger partial charge is 0.456 e. The van der Waals surface area contributed by atoms with Crippen LogP contribution in [0.25, 0.3) is 76.9 Å².